The van der Waals surface area contributed by atoms with E-state index in [1.54, 1.807) is 40.3 Å². The van der Waals surface area contributed by atoms with E-state index in [9.17, 15) is 14.7 Å². The predicted octanol–water partition coefficient (Wildman–Crippen LogP) is 1.74. The summed E-state index contributed by atoms with van der Waals surface area (Å²) < 4.78 is 5.24. The molecule has 1 fully saturated rings. The number of hydrogen-bond donors (Lipinski definition) is 1. The molecule has 0 spiro atoms. The number of aromatic hydroxyl groups is 1. The monoisotopic (exact) mass is 327 g/mol. The summed E-state index contributed by atoms with van der Waals surface area (Å²) in [5.41, 5.74) is 0.513. The van der Waals surface area contributed by atoms with Crippen LogP contribution in [0.3, 0.4) is 0 Å². The lowest BCUT2D eigenvalue weighted by Crippen LogP contribution is -2.51. The van der Waals surface area contributed by atoms with Gasteiger partial charge in [0.05, 0.1) is 6.20 Å². The van der Waals surface area contributed by atoms with Crippen molar-refractivity contribution >= 4 is 12.0 Å². The van der Waals surface area contributed by atoms with E-state index >= 15 is 0 Å². The van der Waals surface area contributed by atoms with E-state index in [2.05, 4.69) is 4.98 Å². The summed E-state index contributed by atoms with van der Waals surface area (Å²) in [6.07, 6.45) is 2.63. The van der Waals surface area contributed by atoms with E-state index in [1.165, 1.54) is 18.3 Å². The van der Waals surface area contributed by atoms with Gasteiger partial charge in [0.15, 0.2) is 5.75 Å². The van der Waals surface area contributed by atoms with Gasteiger partial charge in [0.1, 0.15) is 5.75 Å². The van der Waals surface area contributed by atoms with Crippen LogP contribution >= 0.6 is 0 Å². The minimum absolute atomic E-state index is 0.115. The fourth-order valence-electron chi connectivity index (χ4n) is 2.45. The van der Waals surface area contributed by atoms with Gasteiger partial charge in [0.25, 0.3) is 5.91 Å². The molecule has 7 nitrogen and oxygen atoms in total. The Morgan fingerprint density at radius 2 is 1.67 bits per heavy atom. The van der Waals surface area contributed by atoms with Crippen molar-refractivity contribution < 1.29 is 19.4 Å². The molecule has 2 aromatic rings. The van der Waals surface area contributed by atoms with Gasteiger partial charge >= 0.3 is 6.09 Å². The quantitative estimate of drug-likeness (QED) is 0.908. The van der Waals surface area contributed by atoms with Crippen LogP contribution in [0.5, 0.6) is 11.5 Å². The summed E-state index contributed by atoms with van der Waals surface area (Å²) >= 11 is 0. The first-order chi connectivity index (χ1) is 11.6. The molecule has 0 bridgehead atoms. The second kappa shape index (κ2) is 6.99. The van der Waals surface area contributed by atoms with Gasteiger partial charge in [-0.25, -0.2) is 4.79 Å². The van der Waals surface area contributed by atoms with Crippen molar-refractivity contribution in [1.29, 1.82) is 0 Å². The highest BCUT2D eigenvalue weighted by atomic mass is 16.6. The van der Waals surface area contributed by atoms with E-state index in [4.69, 9.17) is 4.74 Å². The van der Waals surface area contributed by atoms with Crippen LogP contribution in [0.25, 0.3) is 0 Å². The van der Waals surface area contributed by atoms with Crippen LogP contribution in [0.4, 0.5) is 4.79 Å². The lowest BCUT2D eigenvalue weighted by molar-refractivity contribution is 0.0633. The first-order valence-corrected chi connectivity index (χ1v) is 7.58. The summed E-state index contributed by atoms with van der Waals surface area (Å²) in [7, 11) is 0. The Labute approximate surface area is 139 Å². The second-order valence-electron chi connectivity index (χ2n) is 5.38. The number of nitrogens with zero attached hydrogens (tertiary/aromatic N) is 3. The molecule has 1 aliphatic heterocycles. The van der Waals surface area contributed by atoms with Gasteiger partial charge < -0.3 is 19.6 Å². The van der Waals surface area contributed by atoms with Crippen LogP contribution in [0, 0.1) is 0 Å². The number of benzene rings is 1. The van der Waals surface area contributed by atoms with Gasteiger partial charge in [-0.05, 0) is 36.4 Å². The number of aromatic nitrogens is 1. The number of carbonyl (C=O) groups is 2. The number of ether oxygens (including phenoxy) is 1. The molecule has 1 N–H and O–H groups in total. The van der Waals surface area contributed by atoms with Gasteiger partial charge in [-0.1, -0.05) is 0 Å². The lowest BCUT2D eigenvalue weighted by atomic mass is 10.1. The van der Waals surface area contributed by atoms with Crippen molar-refractivity contribution in [1.82, 2.24) is 14.8 Å². The minimum atomic E-state index is -0.445. The molecule has 124 valence electrons. The fraction of sp³-hybridized carbons (Fsp3) is 0.235. The molecular formula is C17H17N3O4. The topological polar surface area (TPSA) is 83.0 Å². The minimum Gasteiger partial charge on any atom is -0.508 e. The van der Waals surface area contributed by atoms with Crippen molar-refractivity contribution in [2.45, 2.75) is 0 Å². The number of phenolic OH excluding ortho intramolecular Hbond substituents is 1. The number of phenols is 1. The highest BCUT2D eigenvalue weighted by Crippen LogP contribution is 2.14. The van der Waals surface area contributed by atoms with Crippen LogP contribution in [0.15, 0.2) is 48.8 Å². The molecule has 1 saturated heterocycles. The van der Waals surface area contributed by atoms with Crippen molar-refractivity contribution in [3.8, 4) is 11.5 Å². The van der Waals surface area contributed by atoms with Gasteiger partial charge in [-0.15, -0.1) is 0 Å². The summed E-state index contributed by atoms with van der Waals surface area (Å²) in [6, 6.07) is 9.48. The first-order valence-electron chi connectivity index (χ1n) is 7.58. The van der Waals surface area contributed by atoms with Crippen LogP contribution in [0.2, 0.25) is 0 Å². The average molecular weight is 327 g/mol. The van der Waals surface area contributed by atoms with Gasteiger partial charge in [-0.2, -0.15) is 0 Å². The van der Waals surface area contributed by atoms with E-state index in [1.807, 2.05) is 0 Å². The highest BCUT2D eigenvalue weighted by Gasteiger charge is 2.26. The largest absolute Gasteiger partial charge is 0.508 e. The zero-order chi connectivity index (χ0) is 16.9. The molecule has 0 saturated carbocycles. The number of rotatable bonds is 2. The van der Waals surface area contributed by atoms with Crippen LogP contribution < -0.4 is 4.74 Å². The Morgan fingerprint density at radius 3 is 2.29 bits per heavy atom. The van der Waals surface area contributed by atoms with E-state index < -0.39 is 6.09 Å². The number of piperazine rings is 1. The summed E-state index contributed by atoms with van der Waals surface area (Å²) in [4.78, 5) is 31.6. The molecule has 2 heterocycles. The molecule has 1 aromatic carbocycles. The van der Waals surface area contributed by atoms with E-state index in [0.717, 1.165) is 0 Å². The predicted molar refractivity (Wildman–Crippen MR) is 85.8 cm³/mol. The maximum absolute atomic E-state index is 12.4. The van der Waals surface area contributed by atoms with Crippen molar-refractivity contribution in [2.75, 3.05) is 26.2 Å². The third kappa shape index (κ3) is 3.62. The van der Waals surface area contributed by atoms with Gasteiger partial charge in [0, 0.05) is 37.9 Å². The molecule has 3 rings (SSSR count). The van der Waals surface area contributed by atoms with Crippen LogP contribution in [0.1, 0.15) is 10.4 Å². The molecule has 0 atom stereocenters. The van der Waals surface area contributed by atoms with Crippen molar-refractivity contribution in [3.63, 3.8) is 0 Å². The molecule has 1 aliphatic rings. The smallest absolute Gasteiger partial charge is 0.415 e. The van der Waals surface area contributed by atoms with E-state index in [0.29, 0.717) is 37.5 Å². The molecule has 0 radical (unpaired) electrons. The normalized spacial score (nSPS) is 14.3. The van der Waals surface area contributed by atoms with Gasteiger partial charge in [0.2, 0.25) is 0 Å². The highest BCUT2D eigenvalue weighted by molar-refractivity contribution is 5.94. The Bertz CT molecular complexity index is 710. The zero-order valence-corrected chi connectivity index (χ0v) is 13.0. The van der Waals surface area contributed by atoms with Gasteiger partial charge in [-0.3, -0.25) is 9.78 Å². The maximum atomic E-state index is 12.4. The van der Waals surface area contributed by atoms with Crippen molar-refractivity contribution in [2.24, 2.45) is 0 Å². The Balaban J connectivity index is 1.54. The Kier molecular flexibility index (Phi) is 4.60. The Morgan fingerprint density at radius 1 is 1.00 bits per heavy atom. The SMILES string of the molecule is O=C(Oc1cccnc1)N1CCN(C(=O)c2ccc(O)cc2)CC1. The second-order valence-corrected chi connectivity index (χ2v) is 5.38. The Hall–Kier alpha value is -3.09. The molecule has 0 unspecified atom stereocenters. The molecule has 2 amide bonds. The number of hydrogen-bond acceptors (Lipinski definition) is 5. The lowest BCUT2D eigenvalue weighted by Gasteiger charge is -2.34. The first kappa shape index (κ1) is 15.8. The molecule has 7 heteroatoms. The number of pyridine rings is 1. The maximum Gasteiger partial charge on any atom is 0.415 e. The molecule has 1 aromatic heterocycles. The molecule has 0 aliphatic carbocycles. The summed E-state index contributed by atoms with van der Waals surface area (Å²) in [5, 5.41) is 9.28. The summed E-state index contributed by atoms with van der Waals surface area (Å²) in [5.74, 6) is 0.398. The third-order valence-corrected chi connectivity index (χ3v) is 3.78. The standard InChI is InChI=1S/C17H17N3O4/c21-14-5-3-13(4-6-14)16(22)19-8-10-20(11-9-19)17(23)24-15-2-1-7-18-12-15/h1-7,12,21H,8-11H2. The summed E-state index contributed by atoms with van der Waals surface area (Å²) in [6.45, 7) is 1.68. The molecular weight excluding hydrogens is 310 g/mol. The average Bonchev–Trinajstić information content (AvgIpc) is 2.63. The molecule has 24 heavy (non-hydrogen) atoms. The fourth-order valence-corrected chi connectivity index (χ4v) is 2.45. The van der Waals surface area contributed by atoms with Crippen LogP contribution in [-0.2, 0) is 0 Å². The third-order valence-electron chi connectivity index (χ3n) is 3.78. The number of carbonyl (C=O) groups excluding carboxylic acids is 2. The van der Waals surface area contributed by atoms with E-state index in [-0.39, 0.29) is 11.7 Å². The zero-order valence-electron chi connectivity index (χ0n) is 13.0. The van der Waals surface area contributed by atoms with Crippen molar-refractivity contribution in [3.05, 3.63) is 54.4 Å². The number of amides is 2. The van der Waals surface area contributed by atoms with Crippen LogP contribution in [-0.4, -0.2) is 58.1 Å².